The van der Waals surface area contributed by atoms with Crippen molar-refractivity contribution in [1.82, 2.24) is 14.9 Å². The van der Waals surface area contributed by atoms with Crippen LogP contribution in [0, 0.1) is 0 Å². The monoisotopic (exact) mass is 199 g/mol. The van der Waals surface area contributed by atoms with Gasteiger partial charge in [-0.1, -0.05) is 0 Å². The predicted octanol–water partition coefficient (Wildman–Crippen LogP) is 1.05. The van der Waals surface area contributed by atoms with Gasteiger partial charge in [-0.2, -0.15) is 10.1 Å². The Kier molecular flexibility index (Phi) is 3.45. The Morgan fingerprint density at radius 2 is 2.38 bits per heavy atom. The molecule has 5 nitrogen and oxygen atoms in total. The SMILES string of the molecule is CN(C)C=NNc1ccnc(Cl)n1. The van der Waals surface area contributed by atoms with Gasteiger partial charge in [0.15, 0.2) is 5.82 Å². The molecule has 1 N–H and O–H groups in total. The van der Waals surface area contributed by atoms with Gasteiger partial charge in [0, 0.05) is 26.4 Å². The van der Waals surface area contributed by atoms with E-state index < -0.39 is 0 Å². The standard InChI is InChI=1S/C7H10ClN5/c1-13(2)5-10-12-6-3-4-9-7(8)11-6/h3-5H,1-2H3,(H,9,11,12). The number of nitrogens with one attached hydrogen (secondary N) is 1. The maximum Gasteiger partial charge on any atom is 0.224 e. The summed E-state index contributed by atoms with van der Waals surface area (Å²) in [5, 5.41) is 4.08. The van der Waals surface area contributed by atoms with Gasteiger partial charge in [-0.25, -0.2) is 4.98 Å². The summed E-state index contributed by atoms with van der Waals surface area (Å²) in [5.74, 6) is 0.568. The van der Waals surface area contributed by atoms with E-state index in [4.69, 9.17) is 11.6 Å². The van der Waals surface area contributed by atoms with Crippen molar-refractivity contribution in [1.29, 1.82) is 0 Å². The topological polar surface area (TPSA) is 53.4 Å². The minimum atomic E-state index is 0.199. The van der Waals surface area contributed by atoms with Crippen LogP contribution in [-0.4, -0.2) is 35.3 Å². The smallest absolute Gasteiger partial charge is 0.224 e. The minimum Gasteiger partial charge on any atom is -0.367 e. The first-order valence-corrected chi connectivity index (χ1v) is 4.00. The van der Waals surface area contributed by atoms with Gasteiger partial charge in [-0.05, 0) is 11.6 Å². The van der Waals surface area contributed by atoms with Gasteiger partial charge in [0.05, 0.1) is 0 Å². The molecule has 0 saturated carbocycles. The second kappa shape index (κ2) is 4.61. The molecule has 13 heavy (non-hydrogen) atoms. The van der Waals surface area contributed by atoms with Crippen LogP contribution in [0.3, 0.4) is 0 Å². The molecule has 0 saturated heterocycles. The zero-order chi connectivity index (χ0) is 9.68. The third-order valence-electron chi connectivity index (χ3n) is 1.09. The molecule has 0 aromatic carbocycles. The number of anilines is 1. The fourth-order valence-corrected chi connectivity index (χ4v) is 0.755. The van der Waals surface area contributed by atoms with E-state index in [1.165, 1.54) is 0 Å². The minimum absolute atomic E-state index is 0.199. The molecular formula is C7H10ClN5. The molecule has 70 valence electrons. The van der Waals surface area contributed by atoms with Crippen molar-refractivity contribution in [2.24, 2.45) is 5.10 Å². The van der Waals surface area contributed by atoms with Crippen LogP contribution in [0.15, 0.2) is 17.4 Å². The van der Waals surface area contributed by atoms with E-state index in [0.717, 1.165) is 0 Å². The summed E-state index contributed by atoms with van der Waals surface area (Å²) < 4.78 is 0. The molecule has 0 radical (unpaired) electrons. The van der Waals surface area contributed by atoms with Crippen molar-refractivity contribution in [2.45, 2.75) is 0 Å². The van der Waals surface area contributed by atoms with Gasteiger partial charge in [0.25, 0.3) is 0 Å². The van der Waals surface area contributed by atoms with E-state index in [2.05, 4.69) is 20.5 Å². The van der Waals surface area contributed by atoms with Gasteiger partial charge >= 0.3 is 0 Å². The van der Waals surface area contributed by atoms with Crippen molar-refractivity contribution in [3.8, 4) is 0 Å². The number of rotatable bonds is 3. The fourth-order valence-electron chi connectivity index (χ4n) is 0.608. The van der Waals surface area contributed by atoms with E-state index >= 15 is 0 Å². The maximum absolute atomic E-state index is 5.56. The Labute approximate surface area is 81.4 Å². The van der Waals surface area contributed by atoms with Crippen LogP contribution in [0.4, 0.5) is 5.82 Å². The molecule has 0 bridgehead atoms. The van der Waals surface area contributed by atoms with Crippen molar-refractivity contribution < 1.29 is 0 Å². The lowest BCUT2D eigenvalue weighted by Gasteiger charge is -2.02. The molecule has 0 unspecified atom stereocenters. The average molecular weight is 200 g/mol. The number of halogens is 1. The fraction of sp³-hybridized carbons (Fsp3) is 0.286. The number of aromatic nitrogens is 2. The van der Waals surface area contributed by atoms with Crippen LogP contribution in [0.5, 0.6) is 0 Å². The third kappa shape index (κ3) is 3.71. The molecule has 0 atom stereocenters. The molecule has 0 aliphatic rings. The lowest BCUT2D eigenvalue weighted by Crippen LogP contribution is -2.09. The summed E-state index contributed by atoms with van der Waals surface area (Å²) in [7, 11) is 3.75. The van der Waals surface area contributed by atoms with Crippen molar-refractivity contribution >= 4 is 23.8 Å². The number of hydrogen-bond donors (Lipinski definition) is 1. The van der Waals surface area contributed by atoms with Crippen LogP contribution >= 0.6 is 11.6 Å². The van der Waals surface area contributed by atoms with Gasteiger partial charge in [0.2, 0.25) is 5.28 Å². The molecular weight excluding hydrogens is 190 g/mol. The Morgan fingerprint density at radius 3 is 3.00 bits per heavy atom. The van der Waals surface area contributed by atoms with E-state index in [1.54, 1.807) is 23.5 Å². The lowest BCUT2D eigenvalue weighted by molar-refractivity contribution is 0.641. The maximum atomic E-state index is 5.56. The average Bonchev–Trinajstić information content (AvgIpc) is 2.03. The summed E-state index contributed by atoms with van der Waals surface area (Å²) >= 11 is 5.56. The summed E-state index contributed by atoms with van der Waals surface area (Å²) in [6.07, 6.45) is 3.18. The number of hydrazone groups is 1. The van der Waals surface area contributed by atoms with Gasteiger partial charge in [0.1, 0.15) is 6.34 Å². The molecule has 6 heteroatoms. The molecule has 1 heterocycles. The van der Waals surface area contributed by atoms with E-state index in [9.17, 15) is 0 Å². The summed E-state index contributed by atoms with van der Waals surface area (Å²) in [6.45, 7) is 0. The van der Waals surface area contributed by atoms with Crippen molar-refractivity contribution in [3.05, 3.63) is 17.5 Å². The second-order valence-corrected chi connectivity index (χ2v) is 2.87. The van der Waals surface area contributed by atoms with Crippen LogP contribution in [0.25, 0.3) is 0 Å². The number of hydrogen-bond acceptors (Lipinski definition) is 4. The molecule has 0 spiro atoms. The molecule has 1 rings (SSSR count). The zero-order valence-corrected chi connectivity index (χ0v) is 8.15. The zero-order valence-electron chi connectivity index (χ0n) is 7.40. The van der Waals surface area contributed by atoms with Crippen LogP contribution in [0.2, 0.25) is 5.28 Å². The highest BCUT2D eigenvalue weighted by molar-refractivity contribution is 6.28. The highest BCUT2D eigenvalue weighted by Crippen LogP contribution is 2.04. The summed E-state index contributed by atoms with van der Waals surface area (Å²) in [5.41, 5.74) is 2.71. The number of nitrogens with zero attached hydrogens (tertiary/aromatic N) is 4. The highest BCUT2D eigenvalue weighted by Gasteiger charge is 1.92. The molecule has 1 aromatic heterocycles. The highest BCUT2D eigenvalue weighted by atomic mass is 35.5. The Hall–Kier alpha value is -1.36. The molecule has 0 fully saturated rings. The third-order valence-corrected chi connectivity index (χ3v) is 1.28. The first kappa shape index (κ1) is 9.73. The summed E-state index contributed by atoms with van der Waals surface area (Å²) in [4.78, 5) is 9.42. The van der Waals surface area contributed by atoms with Crippen LogP contribution in [-0.2, 0) is 0 Å². The second-order valence-electron chi connectivity index (χ2n) is 2.53. The Bertz CT molecular complexity index is 299. The van der Waals surface area contributed by atoms with E-state index in [-0.39, 0.29) is 5.28 Å². The quantitative estimate of drug-likeness (QED) is 0.342. The predicted molar refractivity (Wildman–Crippen MR) is 52.8 cm³/mol. The van der Waals surface area contributed by atoms with Crippen molar-refractivity contribution in [2.75, 3.05) is 19.5 Å². The van der Waals surface area contributed by atoms with Gasteiger partial charge in [-0.3, -0.25) is 5.43 Å². The Morgan fingerprint density at radius 1 is 1.62 bits per heavy atom. The Balaban J connectivity index is 2.55. The van der Waals surface area contributed by atoms with Gasteiger partial charge in [-0.15, -0.1) is 0 Å². The lowest BCUT2D eigenvalue weighted by atomic mass is 10.6. The largest absolute Gasteiger partial charge is 0.367 e. The summed E-state index contributed by atoms with van der Waals surface area (Å²) in [6, 6.07) is 1.68. The van der Waals surface area contributed by atoms with Crippen LogP contribution < -0.4 is 5.43 Å². The molecule has 0 amide bonds. The van der Waals surface area contributed by atoms with E-state index in [1.807, 2.05) is 14.1 Å². The normalized spacial score (nSPS) is 10.4. The van der Waals surface area contributed by atoms with Crippen molar-refractivity contribution in [3.63, 3.8) is 0 Å². The van der Waals surface area contributed by atoms with E-state index in [0.29, 0.717) is 5.82 Å². The first-order valence-electron chi connectivity index (χ1n) is 3.62. The van der Waals surface area contributed by atoms with Crippen LogP contribution in [0.1, 0.15) is 0 Å². The molecule has 0 aliphatic heterocycles. The first-order chi connectivity index (χ1) is 6.18. The van der Waals surface area contributed by atoms with Gasteiger partial charge < -0.3 is 4.90 Å². The molecule has 0 aliphatic carbocycles. The molecule has 1 aromatic rings.